The lowest BCUT2D eigenvalue weighted by Crippen LogP contribution is -2.32. The highest BCUT2D eigenvalue weighted by Gasteiger charge is 2.24. The maximum absolute atomic E-state index is 12.4. The number of carbonyl (C=O) groups is 2. The number of aromatic nitrogens is 3. The number of fused-ring (bicyclic) bond motifs is 1. The summed E-state index contributed by atoms with van der Waals surface area (Å²) >= 11 is 1.25. The van der Waals surface area contributed by atoms with E-state index in [1.165, 1.54) is 11.3 Å². The lowest BCUT2D eigenvalue weighted by atomic mass is 10.1. The molecule has 0 bridgehead atoms. The smallest absolute Gasteiger partial charge is 0.287 e. The number of aryl methyl sites for hydroxylation is 1. The molecule has 2 amide bonds. The van der Waals surface area contributed by atoms with Crippen LogP contribution in [0.25, 0.3) is 0 Å². The Morgan fingerprint density at radius 3 is 2.71 bits per heavy atom. The van der Waals surface area contributed by atoms with Crippen molar-refractivity contribution in [3.8, 4) is 0 Å². The summed E-state index contributed by atoms with van der Waals surface area (Å²) < 4.78 is 0. The molecule has 3 rings (SSSR count). The number of nitrogens with one attached hydrogen (secondary N) is 3. The number of thiazole rings is 1. The second-order valence-corrected chi connectivity index (χ2v) is 6.63. The molecule has 0 saturated carbocycles. The Morgan fingerprint density at radius 2 is 2.04 bits per heavy atom. The summed E-state index contributed by atoms with van der Waals surface area (Å²) in [4.78, 5) is 37.3. The van der Waals surface area contributed by atoms with Gasteiger partial charge in [0.2, 0.25) is 5.95 Å². The summed E-state index contributed by atoms with van der Waals surface area (Å²) in [5, 5.41) is 10.7. The average molecular weight is 346 g/mol. The van der Waals surface area contributed by atoms with Crippen LogP contribution in [0.5, 0.6) is 0 Å². The Morgan fingerprint density at radius 1 is 1.25 bits per heavy atom. The first-order valence-corrected chi connectivity index (χ1v) is 8.51. The molecule has 0 atom stereocenters. The van der Waals surface area contributed by atoms with Crippen LogP contribution in [-0.2, 0) is 6.42 Å². The number of hydrogen-bond acceptors (Lipinski definition) is 7. The topological polar surface area (TPSA) is 109 Å². The van der Waals surface area contributed by atoms with E-state index in [0.29, 0.717) is 29.5 Å². The number of anilines is 2. The van der Waals surface area contributed by atoms with Gasteiger partial charge in [-0.2, -0.15) is 4.98 Å². The minimum Gasteiger partial charge on any atom is -0.369 e. The zero-order valence-corrected chi connectivity index (χ0v) is 14.5. The molecule has 2 aromatic heterocycles. The molecule has 8 nitrogen and oxygen atoms in total. The van der Waals surface area contributed by atoms with Crippen LogP contribution in [-0.4, -0.2) is 39.4 Å². The van der Waals surface area contributed by atoms with E-state index in [-0.39, 0.29) is 23.8 Å². The Balaban J connectivity index is 1.89. The Labute approximate surface area is 143 Å². The summed E-state index contributed by atoms with van der Waals surface area (Å²) in [6, 6.07) is -0.00573. The summed E-state index contributed by atoms with van der Waals surface area (Å²) in [5.74, 6) is 0.0219. The maximum Gasteiger partial charge on any atom is 0.287 e. The fourth-order valence-electron chi connectivity index (χ4n) is 2.36. The Bertz CT molecular complexity index is 801. The quantitative estimate of drug-likeness (QED) is 0.776. The van der Waals surface area contributed by atoms with Gasteiger partial charge >= 0.3 is 0 Å². The lowest BCUT2D eigenvalue weighted by Gasteiger charge is -2.12. The number of amides is 2. The highest BCUT2D eigenvalue weighted by Crippen LogP contribution is 2.24. The van der Waals surface area contributed by atoms with E-state index in [4.69, 9.17) is 0 Å². The van der Waals surface area contributed by atoms with Crippen molar-refractivity contribution in [2.45, 2.75) is 33.2 Å². The fraction of sp³-hybridized carbons (Fsp3) is 0.400. The van der Waals surface area contributed by atoms with Gasteiger partial charge in [0.25, 0.3) is 11.8 Å². The molecule has 126 valence electrons. The van der Waals surface area contributed by atoms with Gasteiger partial charge in [-0.3, -0.25) is 14.9 Å². The third-order valence-electron chi connectivity index (χ3n) is 3.35. The molecule has 0 aromatic carbocycles. The third-order valence-corrected chi connectivity index (χ3v) is 4.31. The van der Waals surface area contributed by atoms with Crippen LogP contribution < -0.4 is 16.0 Å². The molecule has 0 fully saturated rings. The van der Waals surface area contributed by atoms with Gasteiger partial charge in [0.15, 0.2) is 5.01 Å². The van der Waals surface area contributed by atoms with Crippen LogP contribution >= 0.6 is 11.3 Å². The Kier molecular flexibility index (Phi) is 4.43. The first-order chi connectivity index (χ1) is 11.4. The molecule has 0 spiro atoms. The van der Waals surface area contributed by atoms with E-state index in [1.807, 2.05) is 20.8 Å². The molecule has 1 aliphatic rings. The van der Waals surface area contributed by atoms with Gasteiger partial charge in [0.1, 0.15) is 11.5 Å². The first kappa shape index (κ1) is 16.3. The van der Waals surface area contributed by atoms with Gasteiger partial charge in [0.05, 0.1) is 0 Å². The molecule has 0 radical (unpaired) electrons. The molecular weight excluding hydrogens is 328 g/mol. The van der Waals surface area contributed by atoms with Crippen molar-refractivity contribution >= 4 is 34.9 Å². The fourth-order valence-corrected chi connectivity index (χ4v) is 3.05. The van der Waals surface area contributed by atoms with Gasteiger partial charge < -0.3 is 10.6 Å². The SMILES string of the molecule is Cc1csc(C(=O)Nc2nc3c(c(C(=O)NC(C)C)n2)CCN3)n1. The zero-order chi connectivity index (χ0) is 17.3. The second-order valence-electron chi connectivity index (χ2n) is 5.78. The molecule has 0 aliphatic carbocycles. The normalized spacial score (nSPS) is 12.7. The van der Waals surface area contributed by atoms with Crippen LogP contribution in [0.2, 0.25) is 0 Å². The first-order valence-electron chi connectivity index (χ1n) is 7.63. The lowest BCUT2D eigenvalue weighted by molar-refractivity contribution is 0.0935. The van der Waals surface area contributed by atoms with Crippen LogP contribution in [0, 0.1) is 6.92 Å². The van der Waals surface area contributed by atoms with Crippen molar-refractivity contribution < 1.29 is 9.59 Å². The number of nitrogens with zero attached hydrogens (tertiary/aromatic N) is 3. The molecule has 9 heteroatoms. The van der Waals surface area contributed by atoms with E-state index >= 15 is 0 Å². The molecule has 0 saturated heterocycles. The van der Waals surface area contributed by atoms with Crippen molar-refractivity contribution in [1.29, 1.82) is 0 Å². The van der Waals surface area contributed by atoms with E-state index in [9.17, 15) is 9.59 Å². The van der Waals surface area contributed by atoms with Crippen LogP contribution in [0.4, 0.5) is 11.8 Å². The van der Waals surface area contributed by atoms with Crippen LogP contribution in [0.3, 0.4) is 0 Å². The monoisotopic (exact) mass is 346 g/mol. The van der Waals surface area contributed by atoms with E-state index in [0.717, 1.165) is 11.3 Å². The molecule has 0 unspecified atom stereocenters. The van der Waals surface area contributed by atoms with Crippen molar-refractivity contribution in [2.24, 2.45) is 0 Å². The summed E-state index contributed by atoms with van der Waals surface area (Å²) in [6.07, 6.45) is 0.677. The molecular formula is C15H18N6O2S. The number of rotatable bonds is 4. The summed E-state index contributed by atoms with van der Waals surface area (Å²) in [7, 11) is 0. The third kappa shape index (κ3) is 3.35. The molecule has 3 heterocycles. The van der Waals surface area contributed by atoms with Gasteiger partial charge in [-0.05, 0) is 27.2 Å². The van der Waals surface area contributed by atoms with Gasteiger partial charge in [-0.25, -0.2) is 9.97 Å². The van der Waals surface area contributed by atoms with Crippen LogP contribution in [0.1, 0.15) is 45.4 Å². The van der Waals surface area contributed by atoms with E-state index in [1.54, 1.807) is 5.38 Å². The minimum absolute atomic E-state index is 0.00573. The molecule has 3 N–H and O–H groups in total. The van der Waals surface area contributed by atoms with Crippen molar-refractivity contribution in [3.63, 3.8) is 0 Å². The second kappa shape index (κ2) is 6.52. The maximum atomic E-state index is 12.4. The summed E-state index contributed by atoms with van der Waals surface area (Å²) in [6.45, 7) is 6.27. The summed E-state index contributed by atoms with van der Waals surface area (Å²) in [5.41, 5.74) is 1.85. The standard InChI is InChI=1S/C15H18N6O2S/c1-7(2)17-12(22)10-9-4-5-16-11(9)20-15(19-10)21-13(23)14-18-8(3)6-24-14/h6-7H,4-5H2,1-3H3,(H,17,22)(H2,16,19,20,21,23). The minimum atomic E-state index is -0.388. The highest BCUT2D eigenvalue weighted by molar-refractivity contribution is 7.11. The van der Waals surface area contributed by atoms with E-state index in [2.05, 4.69) is 30.9 Å². The zero-order valence-electron chi connectivity index (χ0n) is 13.6. The molecule has 24 heavy (non-hydrogen) atoms. The van der Waals surface area contributed by atoms with Gasteiger partial charge in [-0.1, -0.05) is 0 Å². The predicted octanol–water partition coefficient (Wildman–Crippen LogP) is 1.60. The molecule has 1 aliphatic heterocycles. The van der Waals surface area contributed by atoms with E-state index < -0.39 is 0 Å². The molecule has 2 aromatic rings. The Hall–Kier alpha value is -2.55. The van der Waals surface area contributed by atoms with Gasteiger partial charge in [0, 0.05) is 29.2 Å². The largest absolute Gasteiger partial charge is 0.369 e. The average Bonchev–Trinajstić information content (AvgIpc) is 3.14. The van der Waals surface area contributed by atoms with Crippen LogP contribution in [0.15, 0.2) is 5.38 Å². The van der Waals surface area contributed by atoms with Crippen molar-refractivity contribution in [1.82, 2.24) is 20.3 Å². The predicted molar refractivity (Wildman–Crippen MR) is 91.6 cm³/mol. The number of carbonyl (C=O) groups excluding carboxylic acids is 2. The van der Waals surface area contributed by atoms with Gasteiger partial charge in [-0.15, -0.1) is 11.3 Å². The highest BCUT2D eigenvalue weighted by atomic mass is 32.1. The van der Waals surface area contributed by atoms with Crippen molar-refractivity contribution in [2.75, 3.05) is 17.2 Å². The number of hydrogen-bond donors (Lipinski definition) is 3. The van der Waals surface area contributed by atoms with Crippen molar-refractivity contribution in [3.05, 3.63) is 27.3 Å².